The molecule has 2 aliphatic rings. The summed E-state index contributed by atoms with van der Waals surface area (Å²) in [4.78, 5) is 16.0. The lowest BCUT2D eigenvalue weighted by Crippen LogP contribution is -2.31. The van der Waals surface area contributed by atoms with Gasteiger partial charge in [0.25, 0.3) is 0 Å². The molecule has 4 N–H and O–H groups in total. The summed E-state index contributed by atoms with van der Waals surface area (Å²) >= 11 is 1.47. The van der Waals surface area contributed by atoms with Crippen molar-refractivity contribution in [3.63, 3.8) is 0 Å². The third kappa shape index (κ3) is 1.31. The van der Waals surface area contributed by atoms with Crippen LogP contribution in [0, 0.1) is 0 Å². The predicted octanol–water partition coefficient (Wildman–Crippen LogP) is -0.828. The van der Waals surface area contributed by atoms with Crippen LogP contribution < -0.4 is 11.5 Å². The maximum atomic E-state index is 5.48. The van der Waals surface area contributed by atoms with Crippen molar-refractivity contribution < 1.29 is 0 Å². The molecule has 7 heteroatoms. The van der Waals surface area contributed by atoms with Gasteiger partial charge in [0.15, 0.2) is 11.9 Å². The highest BCUT2D eigenvalue weighted by Crippen LogP contribution is 2.17. The minimum Gasteiger partial charge on any atom is -0.368 e. The van der Waals surface area contributed by atoms with Gasteiger partial charge in [-0.15, -0.1) is 11.8 Å². The number of guanidine groups is 2. The quantitative estimate of drug-likeness (QED) is 0.528. The molecule has 13 heavy (non-hydrogen) atoms. The zero-order valence-electron chi connectivity index (χ0n) is 6.93. The van der Waals surface area contributed by atoms with E-state index in [0.29, 0.717) is 5.84 Å². The Hall–Kier alpha value is -1.37. The fourth-order valence-corrected chi connectivity index (χ4v) is 1.69. The van der Waals surface area contributed by atoms with E-state index in [1.165, 1.54) is 11.8 Å². The number of amidine groups is 1. The van der Waals surface area contributed by atoms with E-state index in [4.69, 9.17) is 11.5 Å². The van der Waals surface area contributed by atoms with Gasteiger partial charge in [0.1, 0.15) is 5.04 Å². The summed E-state index contributed by atoms with van der Waals surface area (Å²) in [6.07, 6.45) is 1.90. The van der Waals surface area contributed by atoms with E-state index in [2.05, 4.69) is 20.0 Å². The minimum absolute atomic E-state index is 0.212. The minimum atomic E-state index is -0.234. The molecule has 0 bridgehead atoms. The lowest BCUT2D eigenvalue weighted by atomic mass is 10.3. The van der Waals surface area contributed by atoms with Crippen LogP contribution in [-0.2, 0) is 0 Å². The Morgan fingerprint density at radius 1 is 1.15 bits per heavy atom. The molecule has 2 rings (SSSR count). The Kier molecular flexibility index (Phi) is 1.80. The van der Waals surface area contributed by atoms with Gasteiger partial charge in [-0.25, -0.2) is 9.98 Å². The lowest BCUT2D eigenvalue weighted by molar-refractivity contribution is 1.14. The van der Waals surface area contributed by atoms with Crippen LogP contribution >= 0.6 is 11.8 Å². The molecule has 0 aromatic rings. The van der Waals surface area contributed by atoms with Gasteiger partial charge in [-0.2, -0.15) is 9.98 Å². The SMILES string of the molecule is CSC1=NC(N)=NC2=NC(N)=NC21. The van der Waals surface area contributed by atoms with Gasteiger partial charge in [0, 0.05) is 0 Å². The number of nitrogens with zero attached hydrogens (tertiary/aromatic N) is 4. The Morgan fingerprint density at radius 2 is 1.92 bits per heavy atom. The molecular weight excluding hydrogens is 188 g/mol. The van der Waals surface area contributed by atoms with E-state index in [1.807, 2.05) is 6.26 Å². The van der Waals surface area contributed by atoms with Gasteiger partial charge >= 0.3 is 0 Å². The Labute approximate surface area is 78.9 Å². The molecule has 2 aliphatic heterocycles. The Bertz CT molecular complexity index is 365. The lowest BCUT2D eigenvalue weighted by Gasteiger charge is -2.12. The first-order valence-corrected chi connectivity index (χ1v) is 4.82. The number of aliphatic imine (C=N–C) groups is 4. The van der Waals surface area contributed by atoms with Gasteiger partial charge in [0.05, 0.1) is 0 Å². The first kappa shape index (κ1) is 8.24. The van der Waals surface area contributed by atoms with Gasteiger partial charge in [-0.05, 0) is 6.26 Å². The molecule has 0 fully saturated rings. The summed E-state index contributed by atoms with van der Waals surface area (Å²) in [5.74, 6) is 0.985. The fraction of sp³-hybridized carbons (Fsp3) is 0.333. The third-order valence-corrected chi connectivity index (χ3v) is 2.36. The second-order valence-electron chi connectivity index (χ2n) is 2.48. The molecular formula is C6H8N6S. The second-order valence-corrected chi connectivity index (χ2v) is 3.31. The smallest absolute Gasteiger partial charge is 0.222 e. The molecule has 0 aromatic carbocycles. The Balaban J connectivity index is 2.42. The monoisotopic (exact) mass is 196 g/mol. The summed E-state index contributed by atoms with van der Waals surface area (Å²) in [7, 11) is 0. The van der Waals surface area contributed by atoms with Gasteiger partial charge in [-0.1, -0.05) is 0 Å². The predicted molar refractivity (Wildman–Crippen MR) is 55.4 cm³/mol. The molecule has 0 aliphatic carbocycles. The highest BCUT2D eigenvalue weighted by molar-refractivity contribution is 8.13. The number of hydrogen-bond acceptors (Lipinski definition) is 7. The van der Waals surface area contributed by atoms with Gasteiger partial charge < -0.3 is 11.5 Å². The van der Waals surface area contributed by atoms with Crippen molar-refractivity contribution in [3.05, 3.63) is 0 Å². The maximum Gasteiger partial charge on any atom is 0.222 e. The average Bonchev–Trinajstić information content (AvgIpc) is 2.43. The van der Waals surface area contributed by atoms with E-state index in [0.717, 1.165) is 5.04 Å². The number of rotatable bonds is 0. The van der Waals surface area contributed by atoms with Crippen LogP contribution in [0.1, 0.15) is 0 Å². The van der Waals surface area contributed by atoms with Crippen molar-refractivity contribution in [2.45, 2.75) is 6.04 Å². The molecule has 68 valence electrons. The summed E-state index contributed by atoms with van der Waals surface area (Å²) < 4.78 is 0. The molecule has 1 atom stereocenters. The largest absolute Gasteiger partial charge is 0.368 e. The van der Waals surface area contributed by atoms with Crippen molar-refractivity contribution in [2.24, 2.45) is 31.4 Å². The number of thioether (sulfide) groups is 1. The molecule has 2 heterocycles. The van der Waals surface area contributed by atoms with Crippen LogP contribution in [0.3, 0.4) is 0 Å². The average molecular weight is 196 g/mol. The van der Waals surface area contributed by atoms with Crippen LogP contribution in [-0.4, -0.2) is 35.1 Å². The highest BCUT2D eigenvalue weighted by atomic mass is 32.2. The first-order chi connectivity index (χ1) is 6.20. The van der Waals surface area contributed by atoms with Crippen LogP contribution in [0.2, 0.25) is 0 Å². The molecule has 0 radical (unpaired) electrons. The van der Waals surface area contributed by atoms with Gasteiger partial charge in [0.2, 0.25) is 11.9 Å². The first-order valence-electron chi connectivity index (χ1n) is 3.59. The Morgan fingerprint density at radius 3 is 2.62 bits per heavy atom. The van der Waals surface area contributed by atoms with Gasteiger partial charge in [-0.3, -0.25) is 0 Å². The van der Waals surface area contributed by atoms with Crippen molar-refractivity contribution in [1.82, 2.24) is 0 Å². The maximum absolute atomic E-state index is 5.48. The number of hydrogen-bond donors (Lipinski definition) is 2. The summed E-state index contributed by atoms with van der Waals surface area (Å²) in [5, 5.41) is 0.784. The van der Waals surface area contributed by atoms with Crippen molar-refractivity contribution in [3.8, 4) is 0 Å². The molecule has 1 unspecified atom stereocenters. The van der Waals surface area contributed by atoms with Crippen molar-refractivity contribution in [2.75, 3.05) is 6.26 Å². The zero-order valence-corrected chi connectivity index (χ0v) is 7.75. The third-order valence-electron chi connectivity index (χ3n) is 1.63. The van der Waals surface area contributed by atoms with Crippen LogP contribution in [0.4, 0.5) is 0 Å². The van der Waals surface area contributed by atoms with E-state index in [9.17, 15) is 0 Å². The summed E-state index contributed by atoms with van der Waals surface area (Å²) in [5.41, 5.74) is 10.9. The number of fused-ring (bicyclic) bond motifs is 1. The van der Waals surface area contributed by atoms with Crippen LogP contribution in [0.15, 0.2) is 20.0 Å². The normalized spacial score (nSPS) is 25.8. The molecule has 6 nitrogen and oxygen atoms in total. The summed E-state index contributed by atoms with van der Waals surface area (Å²) in [6.45, 7) is 0. The zero-order chi connectivity index (χ0) is 9.42. The molecule has 0 saturated heterocycles. The van der Waals surface area contributed by atoms with E-state index in [-0.39, 0.29) is 18.0 Å². The summed E-state index contributed by atoms with van der Waals surface area (Å²) in [6, 6.07) is -0.234. The van der Waals surface area contributed by atoms with Crippen LogP contribution in [0.5, 0.6) is 0 Å². The van der Waals surface area contributed by atoms with Crippen molar-refractivity contribution in [1.29, 1.82) is 0 Å². The molecule has 0 aromatic heterocycles. The van der Waals surface area contributed by atoms with E-state index >= 15 is 0 Å². The second kappa shape index (κ2) is 2.84. The highest BCUT2D eigenvalue weighted by Gasteiger charge is 2.29. The number of nitrogens with two attached hydrogens (primary N) is 2. The topological polar surface area (TPSA) is 101 Å². The van der Waals surface area contributed by atoms with E-state index in [1.54, 1.807) is 0 Å². The molecule has 0 amide bonds. The van der Waals surface area contributed by atoms with E-state index < -0.39 is 0 Å². The molecule has 0 spiro atoms. The standard InChI is InChI=1S/C6H8N6S/c1-13-4-2-3(10-5(7)9-2)11-6(8)12-4/h2H,1H3,(H4,7,8,9,10,11). The van der Waals surface area contributed by atoms with Crippen molar-refractivity contribution >= 4 is 34.6 Å². The fourth-order valence-electron chi connectivity index (χ4n) is 1.12. The van der Waals surface area contributed by atoms with Crippen LogP contribution in [0.25, 0.3) is 0 Å². The molecule has 0 saturated carbocycles.